The number of hydrogen-bond acceptors (Lipinski definition) is 4. The van der Waals surface area contributed by atoms with Crippen LogP contribution in [0.2, 0.25) is 0 Å². The Balaban J connectivity index is 1.58. The lowest BCUT2D eigenvalue weighted by Crippen LogP contribution is -2.12. The number of rotatable bonds is 3. The molecule has 0 bridgehead atoms. The molecule has 3 aromatic carbocycles. The third kappa shape index (κ3) is 3.12. The zero-order chi connectivity index (χ0) is 20.0. The summed E-state index contributed by atoms with van der Waals surface area (Å²) in [4.78, 5) is 19.2. The van der Waals surface area contributed by atoms with Crippen molar-refractivity contribution in [2.24, 2.45) is 0 Å². The zero-order valence-electron chi connectivity index (χ0n) is 16.0. The first-order valence-electron chi connectivity index (χ1n) is 9.37. The van der Waals surface area contributed by atoms with Gasteiger partial charge in [0.25, 0.3) is 5.91 Å². The Morgan fingerprint density at radius 2 is 1.66 bits per heavy atom. The summed E-state index contributed by atoms with van der Waals surface area (Å²) in [7, 11) is 0. The van der Waals surface area contributed by atoms with Gasteiger partial charge in [-0.1, -0.05) is 48.5 Å². The van der Waals surface area contributed by atoms with E-state index < -0.39 is 0 Å². The molecule has 0 aliphatic carbocycles. The lowest BCUT2D eigenvalue weighted by atomic mass is 10.0. The van der Waals surface area contributed by atoms with Gasteiger partial charge in [-0.3, -0.25) is 4.79 Å². The molecule has 0 radical (unpaired) electrons. The van der Waals surface area contributed by atoms with Gasteiger partial charge in [-0.25, -0.2) is 4.98 Å². The molecule has 29 heavy (non-hydrogen) atoms. The van der Waals surface area contributed by atoms with E-state index in [2.05, 4.69) is 25.2 Å². The molecule has 3 nitrogen and oxygen atoms in total. The predicted molar refractivity (Wildman–Crippen MR) is 124 cm³/mol. The molecule has 1 N–H and O–H groups in total. The summed E-state index contributed by atoms with van der Waals surface area (Å²) in [6.45, 7) is 4.19. The highest BCUT2D eigenvalue weighted by molar-refractivity contribution is 7.22. The van der Waals surface area contributed by atoms with Crippen molar-refractivity contribution in [1.29, 1.82) is 0 Å². The Bertz CT molecular complexity index is 1340. The van der Waals surface area contributed by atoms with Crippen molar-refractivity contribution in [3.63, 3.8) is 0 Å². The van der Waals surface area contributed by atoms with Gasteiger partial charge in [-0.2, -0.15) is 0 Å². The van der Waals surface area contributed by atoms with Crippen molar-refractivity contribution in [1.82, 2.24) is 4.98 Å². The fraction of sp³-hybridized carbons (Fsp3) is 0.0833. The van der Waals surface area contributed by atoms with Gasteiger partial charge in [0.05, 0.1) is 10.2 Å². The average molecular weight is 415 g/mol. The summed E-state index contributed by atoms with van der Waals surface area (Å²) < 4.78 is 1.15. The number of carbonyl (C=O) groups excluding carboxylic acids is 1. The van der Waals surface area contributed by atoms with Gasteiger partial charge < -0.3 is 5.32 Å². The molecule has 0 unspecified atom stereocenters. The number of para-hydroxylation sites is 1. The van der Waals surface area contributed by atoms with Gasteiger partial charge in [-0.15, -0.1) is 22.7 Å². The minimum Gasteiger partial charge on any atom is -0.313 e. The summed E-state index contributed by atoms with van der Waals surface area (Å²) in [5, 5.41) is 6.99. The molecular formula is C24H18N2OS2. The van der Waals surface area contributed by atoms with Crippen LogP contribution in [0, 0.1) is 13.8 Å². The number of aryl methyl sites for hydroxylation is 1. The number of thiophene rings is 1. The van der Waals surface area contributed by atoms with Crippen molar-refractivity contribution >= 4 is 54.6 Å². The first kappa shape index (κ1) is 18.0. The maximum atomic E-state index is 13.2. The standard InChI is InChI=1S/C24H18N2OS2/c1-14-15(2)28-24(21(14)23-25-19-12-5-6-13-20(19)29-23)26-22(27)18-11-7-9-16-8-3-4-10-17(16)18/h3-13H,1-2H3,(H,26,27). The van der Waals surface area contributed by atoms with Gasteiger partial charge in [-0.05, 0) is 48.4 Å². The highest BCUT2D eigenvalue weighted by Gasteiger charge is 2.20. The average Bonchev–Trinajstić information content (AvgIpc) is 3.27. The number of benzene rings is 3. The summed E-state index contributed by atoms with van der Waals surface area (Å²) in [5.74, 6) is -0.0922. The molecule has 0 aliphatic rings. The van der Waals surface area contributed by atoms with Crippen molar-refractivity contribution in [3.8, 4) is 10.6 Å². The number of nitrogens with zero attached hydrogens (tertiary/aromatic N) is 1. The van der Waals surface area contributed by atoms with E-state index in [4.69, 9.17) is 4.98 Å². The van der Waals surface area contributed by atoms with Gasteiger partial charge in [0.15, 0.2) is 0 Å². The second-order valence-corrected chi connectivity index (χ2v) is 9.21. The van der Waals surface area contributed by atoms with Crippen LogP contribution in [0.3, 0.4) is 0 Å². The zero-order valence-corrected chi connectivity index (χ0v) is 17.7. The number of fused-ring (bicyclic) bond motifs is 2. The van der Waals surface area contributed by atoms with Crippen LogP contribution in [0.5, 0.6) is 0 Å². The van der Waals surface area contributed by atoms with Crippen molar-refractivity contribution in [2.45, 2.75) is 13.8 Å². The number of anilines is 1. The van der Waals surface area contributed by atoms with Crippen molar-refractivity contribution in [3.05, 3.63) is 82.7 Å². The summed E-state index contributed by atoms with van der Waals surface area (Å²) >= 11 is 3.27. The topological polar surface area (TPSA) is 42.0 Å². The van der Waals surface area contributed by atoms with Crippen LogP contribution in [-0.2, 0) is 0 Å². The molecule has 0 saturated heterocycles. The number of carbonyl (C=O) groups is 1. The van der Waals surface area contributed by atoms with E-state index in [-0.39, 0.29) is 5.91 Å². The molecule has 5 rings (SSSR count). The summed E-state index contributed by atoms with van der Waals surface area (Å²) in [5.41, 5.74) is 3.87. The van der Waals surface area contributed by atoms with Gasteiger partial charge in [0, 0.05) is 16.0 Å². The quantitative estimate of drug-likeness (QED) is 0.344. The predicted octanol–water partition coefficient (Wildman–Crippen LogP) is 7.05. The normalized spacial score (nSPS) is 11.2. The van der Waals surface area contributed by atoms with Crippen molar-refractivity contribution < 1.29 is 4.79 Å². The number of hydrogen-bond donors (Lipinski definition) is 1. The van der Waals surface area contributed by atoms with E-state index in [0.29, 0.717) is 5.56 Å². The number of amides is 1. The Morgan fingerprint density at radius 1 is 0.897 bits per heavy atom. The van der Waals surface area contributed by atoms with E-state index in [1.807, 2.05) is 60.7 Å². The maximum absolute atomic E-state index is 13.2. The second-order valence-electron chi connectivity index (χ2n) is 6.95. The lowest BCUT2D eigenvalue weighted by Gasteiger charge is -2.08. The van der Waals surface area contributed by atoms with Crippen LogP contribution in [-0.4, -0.2) is 10.9 Å². The van der Waals surface area contributed by atoms with Crippen LogP contribution in [0.15, 0.2) is 66.7 Å². The molecule has 0 atom stereocenters. The van der Waals surface area contributed by atoms with Crippen LogP contribution < -0.4 is 5.32 Å². The first-order chi connectivity index (χ1) is 14.1. The highest BCUT2D eigenvalue weighted by atomic mass is 32.1. The van der Waals surface area contributed by atoms with Crippen LogP contribution in [0.25, 0.3) is 31.6 Å². The molecule has 0 aliphatic heterocycles. The van der Waals surface area contributed by atoms with E-state index in [0.717, 1.165) is 36.6 Å². The molecule has 0 saturated carbocycles. The smallest absolute Gasteiger partial charge is 0.256 e. The maximum Gasteiger partial charge on any atom is 0.256 e. The van der Waals surface area contributed by atoms with Gasteiger partial charge >= 0.3 is 0 Å². The van der Waals surface area contributed by atoms with Crippen LogP contribution in [0.1, 0.15) is 20.8 Å². The third-order valence-corrected chi connectivity index (χ3v) is 7.33. The fourth-order valence-corrected chi connectivity index (χ4v) is 5.74. The number of aromatic nitrogens is 1. The first-order valence-corrected chi connectivity index (χ1v) is 11.0. The third-order valence-electron chi connectivity index (χ3n) is 5.15. The summed E-state index contributed by atoms with van der Waals surface area (Å²) in [6, 6.07) is 21.9. The Hall–Kier alpha value is -3.02. The minimum atomic E-state index is -0.0922. The highest BCUT2D eigenvalue weighted by Crippen LogP contribution is 2.43. The van der Waals surface area contributed by atoms with Crippen LogP contribution >= 0.6 is 22.7 Å². The Labute approximate surface area is 176 Å². The molecule has 0 fully saturated rings. The molecule has 2 heterocycles. The summed E-state index contributed by atoms with van der Waals surface area (Å²) in [6.07, 6.45) is 0. The van der Waals surface area contributed by atoms with Gasteiger partial charge in [0.1, 0.15) is 10.0 Å². The second kappa shape index (κ2) is 7.10. The largest absolute Gasteiger partial charge is 0.313 e. The Morgan fingerprint density at radius 3 is 2.52 bits per heavy atom. The minimum absolute atomic E-state index is 0.0922. The van der Waals surface area contributed by atoms with E-state index in [1.54, 1.807) is 22.7 Å². The molecule has 2 aromatic heterocycles. The monoisotopic (exact) mass is 414 g/mol. The molecular weight excluding hydrogens is 396 g/mol. The van der Waals surface area contributed by atoms with E-state index >= 15 is 0 Å². The molecule has 1 amide bonds. The molecule has 142 valence electrons. The lowest BCUT2D eigenvalue weighted by molar-refractivity contribution is 0.102. The number of nitrogens with one attached hydrogen (secondary N) is 1. The fourth-order valence-electron chi connectivity index (χ4n) is 3.55. The SMILES string of the molecule is Cc1sc(NC(=O)c2cccc3ccccc23)c(-c2nc3ccccc3s2)c1C. The molecule has 0 spiro atoms. The molecule has 5 heteroatoms. The Kier molecular flexibility index (Phi) is 4.42. The van der Waals surface area contributed by atoms with Gasteiger partial charge in [0.2, 0.25) is 0 Å². The van der Waals surface area contributed by atoms with Crippen molar-refractivity contribution in [2.75, 3.05) is 5.32 Å². The van der Waals surface area contributed by atoms with Crippen LogP contribution in [0.4, 0.5) is 5.00 Å². The molecule has 5 aromatic rings. The number of thiazole rings is 1. The van der Waals surface area contributed by atoms with E-state index in [1.165, 1.54) is 10.4 Å². The van der Waals surface area contributed by atoms with E-state index in [9.17, 15) is 4.79 Å².